The molecule has 0 aromatic heterocycles. The Labute approximate surface area is 117 Å². The molecule has 0 bridgehead atoms. The van der Waals surface area contributed by atoms with Crippen molar-refractivity contribution in [2.24, 2.45) is 0 Å². The molecule has 1 aromatic rings. The van der Waals surface area contributed by atoms with Gasteiger partial charge in [0.25, 0.3) is 5.91 Å². The lowest BCUT2D eigenvalue weighted by Crippen LogP contribution is -2.42. The predicted molar refractivity (Wildman–Crippen MR) is 76.3 cm³/mol. The molecule has 0 radical (unpaired) electrons. The number of nitrogens with two attached hydrogens (primary N) is 1. The number of nitrogens with zero attached hydrogens (tertiary/aromatic N) is 1. The first kappa shape index (κ1) is 12.8. The lowest BCUT2D eigenvalue weighted by molar-refractivity contribution is 0.0929. The molecule has 0 saturated carbocycles. The average Bonchev–Trinajstić information content (AvgIpc) is 2.94. The number of hydrogen-bond acceptors (Lipinski definition) is 3. The van der Waals surface area contributed by atoms with E-state index in [1.807, 2.05) is 0 Å². The maximum absolute atomic E-state index is 12.3. The van der Waals surface area contributed by atoms with Gasteiger partial charge in [-0.1, -0.05) is 11.6 Å². The number of rotatable bonds is 2. The van der Waals surface area contributed by atoms with Gasteiger partial charge >= 0.3 is 0 Å². The van der Waals surface area contributed by atoms with Gasteiger partial charge in [-0.05, 0) is 44.0 Å². The van der Waals surface area contributed by atoms with Crippen LogP contribution in [0.3, 0.4) is 0 Å². The van der Waals surface area contributed by atoms with Crippen LogP contribution in [-0.4, -0.2) is 36.0 Å². The van der Waals surface area contributed by atoms with Crippen molar-refractivity contribution in [2.75, 3.05) is 18.8 Å². The largest absolute Gasteiger partial charge is 0.399 e. The van der Waals surface area contributed by atoms with Crippen molar-refractivity contribution < 1.29 is 4.79 Å². The van der Waals surface area contributed by atoms with Gasteiger partial charge in [0.05, 0.1) is 10.6 Å². The first-order valence-corrected chi connectivity index (χ1v) is 7.13. The number of anilines is 1. The average molecular weight is 280 g/mol. The van der Waals surface area contributed by atoms with Crippen molar-refractivity contribution >= 4 is 23.2 Å². The van der Waals surface area contributed by atoms with Crippen molar-refractivity contribution in [3.05, 3.63) is 28.8 Å². The minimum atomic E-state index is -0.0938. The molecule has 4 nitrogen and oxygen atoms in total. The van der Waals surface area contributed by atoms with Crippen molar-refractivity contribution in [1.29, 1.82) is 0 Å². The Balaban J connectivity index is 1.71. The summed E-state index contributed by atoms with van der Waals surface area (Å²) in [5, 5.41) is 3.54. The van der Waals surface area contributed by atoms with Crippen LogP contribution in [0.1, 0.15) is 29.6 Å². The van der Waals surface area contributed by atoms with Crippen LogP contribution in [0.2, 0.25) is 5.02 Å². The van der Waals surface area contributed by atoms with E-state index >= 15 is 0 Å². The maximum atomic E-state index is 12.3. The molecule has 102 valence electrons. The van der Waals surface area contributed by atoms with Gasteiger partial charge in [0.1, 0.15) is 0 Å². The summed E-state index contributed by atoms with van der Waals surface area (Å²) in [4.78, 5) is 14.7. The number of carbonyl (C=O) groups excluding carboxylic acids is 1. The highest BCUT2D eigenvalue weighted by molar-refractivity contribution is 6.34. The van der Waals surface area contributed by atoms with Gasteiger partial charge in [-0.2, -0.15) is 0 Å². The van der Waals surface area contributed by atoms with Gasteiger partial charge < -0.3 is 11.1 Å². The van der Waals surface area contributed by atoms with Gasteiger partial charge in [0, 0.05) is 24.3 Å². The smallest absolute Gasteiger partial charge is 0.253 e. The molecule has 19 heavy (non-hydrogen) atoms. The molecule has 2 heterocycles. The van der Waals surface area contributed by atoms with E-state index < -0.39 is 0 Å². The molecule has 2 aliphatic heterocycles. The lowest BCUT2D eigenvalue weighted by atomic mass is 10.1. The van der Waals surface area contributed by atoms with Gasteiger partial charge in [-0.15, -0.1) is 0 Å². The van der Waals surface area contributed by atoms with Crippen LogP contribution in [0, 0.1) is 0 Å². The minimum Gasteiger partial charge on any atom is -0.399 e. The number of carbonyl (C=O) groups is 1. The fraction of sp³-hybridized carbons (Fsp3) is 0.500. The topological polar surface area (TPSA) is 58.4 Å². The zero-order valence-electron chi connectivity index (χ0n) is 10.7. The standard InChI is InChI=1S/C14H18ClN3O/c15-11-8-9(16)3-4-10(11)14(19)17-12-5-7-18-6-1-2-13(12)18/h3-4,8,12-13H,1-2,5-7,16H2,(H,17,19). The monoisotopic (exact) mass is 279 g/mol. The van der Waals surface area contributed by atoms with Crippen LogP contribution in [0.15, 0.2) is 18.2 Å². The third-order valence-electron chi connectivity index (χ3n) is 4.16. The third kappa shape index (κ3) is 2.42. The molecule has 1 amide bonds. The van der Waals surface area contributed by atoms with Gasteiger partial charge in [-0.25, -0.2) is 0 Å². The molecule has 1 aromatic carbocycles. The minimum absolute atomic E-state index is 0.0938. The number of benzene rings is 1. The summed E-state index contributed by atoms with van der Waals surface area (Å²) in [6.07, 6.45) is 3.45. The summed E-state index contributed by atoms with van der Waals surface area (Å²) in [6, 6.07) is 5.78. The quantitative estimate of drug-likeness (QED) is 0.813. The molecular formula is C14H18ClN3O. The number of amides is 1. The highest BCUT2D eigenvalue weighted by Gasteiger charge is 2.37. The molecule has 2 aliphatic rings. The van der Waals surface area contributed by atoms with Crippen LogP contribution in [-0.2, 0) is 0 Å². The van der Waals surface area contributed by atoms with E-state index in [9.17, 15) is 4.79 Å². The summed E-state index contributed by atoms with van der Waals surface area (Å²) in [7, 11) is 0. The Morgan fingerprint density at radius 2 is 2.21 bits per heavy atom. The molecule has 3 N–H and O–H groups in total. The SMILES string of the molecule is Nc1ccc(C(=O)NC2CCN3CCCC23)c(Cl)c1. The molecule has 2 atom stereocenters. The van der Waals surface area contributed by atoms with Gasteiger partial charge in [0.15, 0.2) is 0 Å². The number of nitrogen functional groups attached to an aromatic ring is 1. The van der Waals surface area contributed by atoms with Crippen LogP contribution in [0.5, 0.6) is 0 Å². The van der Waals surface area contributed by atoms with E-state index in [1.54, 1.807) is 18.2 Å². The number of nitrogens with one attached hydrogen (secondary N) is 1. The van der Waals surface area contributed by atoms with Crippen molar-refractivity contribution in [3.63, 3.8) is 0 Å². The molecule has 0 spiro atoms. The second-order valence-electron chi connectivity index (χ2n) is 5.35. The Hall–Kier alpha value is -1.26. The zero-order chi connectivity index (χ0) is 13.4. The van der Waals surface area contributed by atoms with Crippen LogP contribution in [0.4, 0.5) is 5.69 Å². The summed E-state index contributed by atoms with van der Waals surface area (Å²) >= 11 is 6.07. The number of fused-ring (bicyclic) bond motifs is 1. The Morgan fingerprint density at radius 1 is 1.37 bits per heavy atom. The van der Waals surface area contributed by atoms with Crippen molar-refractivity contribution in [2.45, 2.75) is 31.3 Å². The lowest BCUT2D eigenvalue weighted by Gasteiger charge is -2.21. The summed E-state index contributed by atoms with van der Waals surface area (Å²) in [5.74, 6) is -0.0938. The predicted octanol–water partition coefficient (Wildman–Crippen LogP) is 1.89. The molecule has 2 unspecified atom stereocenters. The number of halogens is 1. The summed E-state index contributed by atoms with van der Waals surface area (Å²) < 4.78 is 0. The summed E-state index contributed by atoms with van der Waals surface area (Å²) in [5.41, 5.74) is 6.72. The van der Waals surface area contributed by atoms with E-state index in [1.165, 1.54) is 19.4 Å². The van der Waals surface area contributed by atoms with E-state index in [4.69, 9.17) is 17.3 Å². The molecule has 5 heteroatoms. The zero-order valence-corrected chi connectivity index (χ0v) is 11.5. The first-order valence-electron chi connectivity index (χ1n) is 6.75. The Kier molecular flexibility index (Phi) is 3.37. The second kappa shape index (κ2) is 5.02. The Morgan fingerprint density at radius 3 is 3.00 bits per heavy atom. The normalized spacial score (nSPS) is 26.4. The van der Waals surface area contributed by atoms with E-state index in [-0.39, 0.29) is 11.9 Å². The number of hydrogen-bond donors (Lipinski definition) is 2. The third-order valence-corrected chi connectivity index (χ3v) is 4.47. The van der Waals surface area contributed by atoms with Crippen LogP contribution in [0.25, 0.3) is 0 Å². The van der Waals surface area contributed by atoms with Gasteiger partial charge in [-0.3, -0.25) is 9.69 Å². The molecule has 3 rings (SSSR count). The summed E-state index contributed by atoms with van der Waals surface area (Å²) in [6.45, 7) is 2.25. The van der Waals surface area contributed by atoms with E-state index in [2.05, 4.69) is 10.2 Å². The highest BCUT2D eigenvalue weighted by Crippen LogP contribution is 2.28. The molecule has 2 fully saturated rings. The fourth-order valence-electron chi connectivity index (χ4n) is 3.21. The molecular weight excluding hydrogens is 262 g/mol. The van der Waals surface area contributed by atoms with Gasteiger partial charge in [0.2, 0.25) is 0 Å². The van der Waals surface area contributed by atoms with Crippen molar-refractivity contribution in [3.8, 4) is 0 Å². The molecule has 2 saturated heterocycles. The van der Waals surface area contributed by atoms with E-state index in [0.29, 0.717) is 22.3 Å². The van der Waals surface area contributed by atoms with Crippen molar-refractivity contribution in [1.82, 2.24) is 10.2 Å². The fourth-order valence-corrected chi connectivity index (χ4v) is 3.49. The first-order chi connectivity index (χ1) is 9.15. The van der Waals surface area contributed by atoms with Crippen LogP contribution >= 0.6 is 11.6 Å². The second-order valence-corrected chi connectivity index (χ2v) is 5.76. The maximum Gasteiger partial charge on any atom is 0.253 e. The van der Waals surface area contributed by atoms with E-state index in [0.717, 1.165) is 13.0 Å². The van der Waals surface area contributed by atoms with Crippen LogP contribution < -0.4 is 11.1 Å². The molecule has 0 aliphatic carbocycles. The highest BCUT2D eigenvalue weighted by atomic mass is 35.5. The Bertz CT molecular complexity index is 505.